The molecule has 0 spiro atoms. The molecular formula is C9H13O2. The van der Waals surface area contributed by atoms with Gasteiger partial charge in [0.25, 0.3) is 0 Å². The standard InChI is InChI=1S/C9H13O2/c1-2-11-9(10)8-6-4-3-5-7-8/h3-4,6,8H,2,5,7H2,1H3. The minimum atomic E-state index is -0.0862. The van der Waals surface area contributed by atoms with Gasteiger partial charge in [0.2, 0.25) is 0 Å². The molecule has 0 aromatic carbocycles. The van der Waals surface area contributed by atoms with E-state index in [2.05, 4.69) is 6.42 Å². The Hall–Kier alpha value is -0.790. The average molecular weight is 153 g/mol. The molecule has 0 aromatic heterocycles. The van der Waals surface area contributed by atoms with Crippen LogP contribution < -0.4 is 0 Å². The Kier molecular flexibility index (Phi) is 3.14. The van der Waals surface area contributed by atoms with Gasteiger partial charge in [0, 0.05) is 0 Å². The summed E-state index contributed by atoms with van der Waals surface area (Å²) in [6, 6.07) is 0. The predicted octanol–water partition coefficient (Wildman–Crippen LogP) is 1.72. The second-order valence-corrected chi connectivity index (χ2v) is 2.56. The van der Waals surface area contributed by atoms with Crippen molar-refractivity contribution in [2.24, 2.45) is 5.92 Å². The summed E-state index contributed by atoms with van der Waals surface area (Å²) in [5, 5.41) is 0. The summed E-state index contributed by atoms with van der Waals surface area (Å²) in [7, 11) is 0. The molecule has 2 heteroatoms. The van der Waals surface area contributed by atoms with E-state index in [9.17, 15) is 4.79 Å². The zero-order chi connectivity index (χ0) is 8.10. The Morgan fingerprint density at radius 3 is 3.09 bits per heavy atom. The number of carbonyl (C=O) groups is 1. The van der Waals surface area contributed by atoms with E-state index in [0.29, 0.717) is 6.61 Å². The van der Waals surface area contributed by atoms with Crippen molar-refractivity contribution in [3.63, 3.8) is 0 Å². The summed E-state index contributed by atoms with van der Waals surface area (Å²) >= 11 is 0. The van der Waals surface area contributed by atoms with Gasteiger partial charge in [-0.05, 0) is 26.2 Å². The fraction of sp³-hybridized carbons (Fsp3) is 0.556. The van der Waals surface area contributed by atoms with Crippen molar-refractivity contribution >= 4 is 5.97 Å². The van der Waals surface area contributed by atoms with Gasteiger partial charge >= 0.3 is 5.97 Å². The second-order valence-electron chi connectivity index (χ2n) is 2.56. The van der Waals surface area contributed by atoms with Gasteiger partial charge in [-0.15, -0.1) is 0 Å². The number of esters is 1. The number of allylic oxidation sites excluding steroid dienone is 1. The molecular weight excluding hydrogens is 140 g/mol. The van der Waals surface area contributed by atoms with Crippen molar-refractivity contribution in [2.45, 2.75) is 19.8 Å². The molecule has 1 atom stereocenters. The number of ether oxygens (including phenoxy) is 1. The van der Waals surface area contributed by atoms with E-state index < -0.39 is 0 Å². The summed E-state index contributed by atoms with van der Waals surface area (Å²) in [4.78, 5) is 11.1. The smallest absolute Gasteiger partial charge is 0.312 e. The summed E-state index contributed by atoms with van der Waals surface area (Å²) in [5.41, 5.74) is 0. The first-order valence-corrected chi connectivity index (χ1v) is 4.01. The van der Waals surface area contributed by atoms with Crippen LogP contribution in [-0.2, 0) is 9.53 Å². The topological polar surface area (TPSA) is 26.3 Å². The lowest BCUT2D eigenvalue weighted by Crippen LogP contribution is -2.17. The molecule has 1 radical (unpaired) electrons. The molecule has 0 saturated carbocycles. The lowest BCUT2D eigenvalue weighted by molar-refractivity contribution is -0.146. The summed E-state index contributed by atoms with van der Waals surface area (Å²) in [5.74, 6) is -0.0863. The highest BCUT2D eigenvalue weighted by Crippen LogP contribution is 2.17. The van der Waals surface area contributed by atoms with E-state index in [4.69, 9.17) is 4.74 Å². The lowest BCUT2D eigenvalue weighted by atomic mass is 9.96. The van der Waals surface area contributed by atoms with Gasteiger partial charge in [0.1, 0.15) is 0 Å². The molecule has 1 unspecified atom stereocenters. The van der Waals surface area contributed by atoms with Gasteiger partial charge in [0.05, 0.1) is 12.5 Å². The SMILES string of the molecule is CCOC(=O)C1C=C[CH]CC1. The van der Waals surface area contributed by atoms with Crippen LogP contribution in [0.25, 0.3) is 0 Å². The van der Waals surface area contributed by atoms with Crippen molar-refractivity contribution < 1.29 is 9.53 Å². The third-order valence-electron chi connectivity index (χ3n) is 1.71. The minimum Gasteiger partial charge on any atom is -0.466 e. The zero-order valence-corrected chi connectivity index (χ0v) is 6.75. The number of carbonyl (C=O) groups excluding carboxylic acids is 1. The normalized spacial score (nSPS) is 23.2. The molecule has 0 heterocycles. The molecule has 0 amide bonds. The zero-order valence-electron chi connectivity index (χ0n) is 6.75. The van der Waals surface area contributed by atoms with E-state index in [1.165, 1.54) is 0 Å². The quantitative estimate of drug-likeness (QED) is 0.564. The maximum Gasteiger partial charge on any atom is 0.312 e. The molecule has 0 saturated heterocycles. The average Bonchev–Trinajstić information content (AvgIpc) is 2.07. The highest BCUT2D eigenvalue weighted by Gasteiger charge is 2.17. The van der Waals surface area contributed by atoms with E-state index in [1.807, 2.05) is 19.1 Å². The molecule has 11 heavy (non-hydrogen) atoms. The highest BCUT2D eigenvalue weighted by atomic mass is 16.5. The number of hydrogen-bond acceptors (Lipinski definition) is 2. The predicted molar refractivity (Wildman–Crippen MR) is 42.8 cm³/mol. The molecule has 1 aliphatic carbocycles. The van der Waals surface area contributed by atoms with Crippen LogP contribution in [0.3, 0.4) is 0 Å². The van der Waals surface area contributed by atoms with Crippen LogP contribution in [0.4, 0.5) is 0 Å². The van der Waals surface area contributed by atoms with Crippen molar-refractivity contribution in [2.75, 3.05) is 6.61 Å². The largest absolute Gasteiger partial charge is 0.466 e. The van der Waals surface area contributed by atoms with Crippen LogP contribution in [0, 0.1) is 12.3 Å². The van der Waals surface area contributed by atoms with E-state index >= 15 is 0 Å². The van der Waals surface area contributed by atoms with Gasteiger partial charge < -0.3 is 4.74 Å². The van der Waals surface area contributed by atoms with Gasteiger partial charge in [-0.3, -0.25) is 4.79 Å². The van der Waals surface area contributed by atoms with Crippen LogP contribution in [0.15, 0.2) is 12.2 Å². The van der Waals surface area contributed by atoms with Crippen molar-refractivity contribution in [1.29, 1.82) is 0 Å². The van der Waals surface area contributed by atoms with Crippen molar-refractivity contribution in [3.8, 4) is 0 Å². The first kappa shape index (κ1) is 8.31. The molecule has 0 fully saturated rings. The van der Waals surface area contributed by atoms with E-state index in [-0.39, 0.29) is 11.9 Å². The summed E-state index contributed by atoms with van der Waals surface area (Å²) in [6.45, 7) is 2.31. The lowest BCUT2D eigenvalue weighted by Gasteiger charge is -2.13. The Balaban J connectivity index is 2.39. The maximum atomic E-state index is 11.1. The molecule has 2 nitrogen and oxygen atoms in total. The van der Waals surface area contributed by atoms with Crippen molar-refractivity contribution in [1.82, 2.24) is 0 Å². The summed E-state index contributed by atoms with van der Waals surface area (Å²) in [6.07, 6.45) is 7.79. The summed E-state index contributed by atoms with van der Waals surface area (Å²) < 4.78 is 4.88. The second kappa shape index (κ2) is 4.16. The first-order chi connectivity index (χ1) is 5.34. The molecule has 1 rings (SSSR count). The third kappa shape index (κ3) is 2.37. The Morgan fingerprint density at radius 2 is 2.55 bits per heavy atom. The number of rotatable bonds is 2. The molecule has 0 aliphatic heterocycles. The van der Waals surface area contributed by atoms with Crippen LogP contribution in [0.2, 0.25) is 0 Å². The Morgan fingerprint density at radius 1 is 1.73 bits per heavy atom. The van der Waals surface area contributed by atoms with Crippen LogP contribution in [-0.4, -0.2) is 12.6 Å². The highest BCUT2D eigenvalue weighted by molar-refractivity contribution is 5.74. The van der Waals surface area contributed by atoms with Gasteiger partial charge in [-0.25, -0.2) is 0 Å². The Bertz CT molecular complexity index is 161. The monoisotopic (exact) mass is 153 g/mol. The molecule has 0 N–H and O–H groups in total. The maximum absolute atomic E-state index is 11.1. The van der Waals surface area contributed by atoms with E-state index in [1.54, 1.807) is 0 Å². The molecule has 0 aromatic rings. The minimum absolute atomic E-state index is 0.0000463. The van der Waals surface area contributed by atoms with Gasteiger partial charge in [-0.1, -0.05) is 12.2 Å². The van der Waals surface area contributed by atoms with Gasteiger partial charge in [0.15, 0.2) is 0 Å². The fourth-order valence-electron chi connectivity index (χ4n) is 1.13. The van der Waals surface area contributed by atoms with Crippen molar-refractivity contribution in [3.05, 3.63) is 18.6 Å². The van der Waals surface area contributed by atoms with E-state index in [0.717, 1.165) is 12.8 Å². The first-order valence-electron chi connectivity index (χ1n) is 4.01. The van der Waals surface area contributed by atoms with Crippen LogP contribution in [0.5, 0.6) is 0 Å². The molecule has 61 valence electrons. The van der Waals surface area contributed by atoms with Gasteiger partial charge in [-0.2, -0.15) is 0 Å². The fourth-order valence-corrected chi connectivity index (χ4v) is 1.13. The molecule has 1 aliphatic rings. The van der Waals surface area contributed by atoms with Crippen LogP contribution in [0.1, 0.15) is 19.8 Å². The Labute approximate surface area is 67.2 Å². The van der Waals surface area contributed by atoms with Crippen LogP contribution >= 0.6 is 0 Å². The number of hydrogen-bond donors (Lipinski definition) is 0. The third-order valence-corrected chi connectivity index (χ3v) is 1.71. The molecule has 0 bridgehead atoms.